The van der Waals surface area contributed by atoms with Gasteiger partial charge < -0.3 is 9.72 Å². The number of halogens is 3. The number of carbonyl (C=O) groups excluding carboxylic acids is 1. The van der Waals surface area contributed by atoms with Gasteiger partial charge >= 0.3 is 12.1 Å². The molecule has 0 spiro atoms. The summed E-state index contributed by atoms with van der Waals surface area (Å²) in [4.78, 5) is 15.2. The Balaban J connectivity index is 1.75. The lowest BCUT2D eigenvalue weighted by Gasteiger charge is -2.10. The van der Waals surface area contributed by atoms with E-state index in [1.807, 2.05) is 18.2 Å². The Labute approximate surface area is 189 Å². The number of hydrogen-bond acceptors (Lipinski definition) is 2. The zero-order valence-corrected chi connectivity index (χ0v) is 17.5. The molecule has 0 amide bonds. The van der Waals surface area contributed by atoms with Crippen molar-refractivity contribution in [2.75, 3.05) is 0 Å². The summed E-state index contributed by atoms with van der Waals surface area (Å²) in [6.07, 6.45) is -2.45. The van der Waals surface area contributed by atoms with Crippen molar-refractivity contribution >= 4 is 12.0 Å². The number of alkyl halides is 3. The molecule has 0 bridgehead atoms. The van der Waals surface area contributed by atoms with Gasteiger partial charge in [-0.3, -0.25) is 0 Å². The predicted molar refractivity (Wildman–Crippen MR) is 122 cm³/mol. The van der Waals surface area contributed by atoms with Gasteiger partial charge in [-0.1, -0.05) is 91.0 Å². The van der Waals surface area contributed by atoms with Gasteiger partial charge in [0.15, 0.2) is 0 Å². The first-order valence-corrected chi connectivity index (χ1v) is 10.3. The van der Waals surface area contributed by atoms with Crippen LogP contribution in [0, 0.1) is 0 Å². The molecule has 0 unspecified atom stereocenters. The molecule has 0 radical (unpaired) electrons. The van der Waals surface area contributed by atoms with Gasteiger partial charge in [-0.05, 0) is 22.8 Å². The molecule has 166 valence electrons. The predicted octanol–water partition coefficient (Wildman–Crippen LogP) is 7.12. The molecule has 0 aliphatic heterocycles. The summed E-state index contributed by atoms with van der Waals surface area (Å²) < 4.78 is 47.9. The fraction of sp³-hybridized carbons (Fsp3) is 0.0741. The monoisotopic (exact) mass is 447 g/mol. The molecular weight excluding hydrogens is 427 g/mol. The molecule has 4 aromatic rings. The van der Waals surface area contributed by atoms with Crippen molar-refractivity contribution in [2.24, 2.45) is 0 Å². The number of ether oxygens (including phenoxy) is 1. The molecule has 3 nitrogen and oxygen atoms in total. The normalized spacial score (nSPS) is 11.6. The molecule has 1 heterocycles. The number of esters is 1. The van der Waals surface area contributed by atoms with Crippen molar-refractivity contribution in [1.29, 1.82) is 0 Å². The van der Waals surface area contributed by atoms with E-state index in [1.54, 1.807) is 72.8 Å². The Kier molecular flexibility index (Phi) is 6.45. The fourth-order valence-electron chi connectivity index (χ4n) is 3.56. The summed E-state index contributed by atoms with van der Waals surface area (Å²) in [5.41, 5.74) is 1.01. The number of benzene rings is 3. The van der Waals surface area contributed by atoms with E-state index in [4.69, 9.17) is 4.74 Å². The third kappa shape index (κ3) is 5.23. The highest BCUT2D eigenvalue weighted by molar-refractivity contribution is 5.91. The SMILES string of the molecule is O=C(/C=C/c1c(-c2ccccc2)[nH]c(-c2ccccc2)c1C(F)(F)F)OCc1ccccc1. The van der Waals surface area contributed by atoms with Crippen LogP contribution in [0.4, 0.5) is 13.2 Å². The summed E-state index contributed by atoms with van der Waals surface area (Å²) in [6.45, 7) is 0.0318. The van der Waals surface area contributed by atoms with Gasteiger partial charge in [0, 0.05) is 11.6 Å². The molecule has 0 fully saturated rings. The molecule has 4 rings (SSSR count). The summed E-state index contributed by atoms with van der Waals surface area (Å²) in [7, 11) is 0. The molecule has 1 aromatic heterocycles. The molecule has 6 heteroatoms. The van der Waals surface area contributed by atoms with Crippen LogP contribution in [0.5, 0.6) is 0 Å². The zero-order chi connectivity index (χ0) is 23.3. The number of H-pyrrole nitrogens is 1. The van der Waals surface area contributed by atoms with Crippen molar-refractivity contribution in [3.63, 3.8) is 0 Å². The second-order valence-electron chi connectivity index (χ2n) is 7.32. The maximum atomic E-state index is 14.2. The highest BCUT2D eigenvalue weighted by Crippen LogP contribution is 2.44. The quantitative estimate of drug-likeness (QED) is 0.252. The minimum absolute atomic E-state index is 0.0318. The van der Waals surface area contributed by atoms with E-state index in [0.29, 0.717) is 11.1 Å². The fourth-order valence-corrected chi connectivity index (χ4v) is 3.56. The topological polar surface area (TPSA) is 42.1 Å². The van der Waals surface area contributed by atoms with Crippen LogP contribution in [-0.4, -0.2) is 11.0 Å². The van der Waals surface area contributed by atoms with Gasteiger partial charge in [0.05, 0.1) is 17.0 Å². The third-order valence-corrected chi connectivity index (χ3v) is 5.06. The van der Waals surface area contributed by atoms with Crippen LogP contribution in [0.15, 0.2) is 97.1 Å². The third-order valence-electron chi connectivity index (χ3n) is 5.06. The Morgan fingerprint density at radius 2 is 1.30 bits per heavy atom. The Morgan fingerprint density at radius 1 is 0.788 bits per heavy atom. The van der Waals surface area contributed by atoms with Gasteiger partial charge in [0.25, 0.3) is 0 Å². The lowest BCUT2D eigenvalue weighted by Crippen LogP contribution is -2.08. The van der Waals surface area contributed by atoms with E-state index in [0.717, 1.165) is 11.6 Å². The number of hydrogen-bond donors (Lipinski definition) is 1. The number of aromatic nitrogens is 1. The minimum atomic E-state index is -4.65. The molecule has 0 aliphatic carbocycles. The van der Waals surface area contributed by atoms with Crippen LogP contribution < -0.4 is 0 Å². The van der Waals surface area contributed by atoms with E-state index >= 15 is 0 Å². The average molecular weight is 447 g/mol. The van der Waals surface area contributed by atoms with E-state index in [2.05, 4.69) is 4.98 Å². The average Bonchev–Trinajstić information content (AvgIpc) is 3.23. The molecule has 0 saturated carbocycles. The van der Waals surface area contributed by atoms with Gasteiger partial charge in [-0.2, -0.15) is 13.2 Å². The standard InChI is InChI=1S/C27H20F3NO2/c28-27(29,30)24-22(16-17-23(32)33-18-19-10-4-1-5-11-19)25(20-12-6-2-7-13-20)31-26(24)21-14-8-3-9-15-21/h1-17,31H,18H2/b17-16+. The Bertz CT molecular complexity index is 1250. The van der Waals surface area contributed by atoms with Crippen LogP contribution in [0.3, 0.4) is 0 Å². The summed E-state index contributed by atoms with van der Waals surface area (Å²) >= 11 is 0. The number of carbonyl (C=O) groups is 1. The van der Waals surface area contributed by atoms with Gasteiger partial charge in [0.2, 0.25) is 0 Å². The maximum absolute atomic E-state index is 14.2. The Hall–Kier alpha value is -4.06. The van der Waals surface area contributed by atoms with Crippen LogP contribution in [0.25, 0.3) is 28.6 Å². The number of rotatable bonds is 6. The van der Waals surface area contributed by atoms with Crippen LogP contribution in [0.2, 0.25) is 0 Å². The number of aromatic amines is 1. The molecule has 0 atom stereocenters. The highest BCUT2D eigenvalue weighted by atomic mass is 19.4. The summed E-state index contributed by atoms with van der Waals surface area (Å²) in [6, 6.07) is 26.1. The van der Waals surface area contributed by atoms with Gasteiger partial charge in [-0.15, -0.1) is 0 Å². The Morgan fingerprint density at radius 3 is 1.85 bits per heavy atom. The highest BCUT2D eigenvalue weighted by Gasteiger charge is 2.39. The lowest BCUT2D eigenvalue weighted by atomic mass is 10.0. The van der Waals surface area contributed by atoms with Gasteiger partial charge in [0.1, 0.15) is 6.61 Å². The largest absolute Gasteiger partial charge is 0.458 e. The molecular formula is C27H20F3NO2. The van der Waals surface area contributed by atoms with E-state index in [9.17, 15) is 18.0 Å². The maximum Gasteiger partial charge on any atom is 0.419 e. The van der Waals surface area contributed by atoms with Crippen molar-refractivity contribution < 1.29 is 22.7 Å². The second-order valence-corrected chi connectivity index (χ2v) is 7.32. The van der Waals surface area contributed by atoms with Crippen molar-refractivity contribution in [3.8, 4) is 22.5 Å². The molecule has 1 N–H and O–H groups in total. The van der Waals surface area contributed by atoms with E-state index in [-0.39, 0.29) is 23.6 Å². The second kappa shape index (κ2) is 9.61. The lowest BCUT2D eigenvalue weighted by molar-refractivity contribution is -0.139. The molecule has 33 heavy (non-hydrogen) atoms. The van der Waals surface area contributed by atoms with Crippen molar-refractivity contribution in [1.82, 2.24) is 4.98 Å². The first-order chi connectivity index (χ1) is 15.9. The first-order valence-electron chi connectivity index (χ1n) is 10.3. The molecule has 0 aliphatic rings. The molecule has 0 saturated heterocycles. The van der Waals surface area contributed by atoms with Gasteiger partial charge in [-0.25, -0.2) is 4.79 Å². The van der Waals surface area contributed by atoms with Crippen molar-refractivity contribution in [3.05, 3.63) is 114 Å². The van der Waals surface area contributed by atoms with E-state index in [1.165, 1.54) is 6.08 Å². The molecule has 3 aromatic carbocycles. The summed E-state index contributed by atoms with van der Waals surface area (Å²) in [5.74, 6) is -0.728. The minimum Gasteiger partial charge on any atom is -0.458 e. The van der Waals surface area contributed by atoms with E-state index < -0.39 is 17.7 Å². The smallest absolute Gasteiger partial charge is 0.419 e. The van der Waals surface area contributed by atoms with Crippen molar-refractivity contribution in [2.45, 2.75) is 12.8 Å². The zero-order valence-electron chi connectivity index (χ0n) is 17.5. The number of nitrogens with one attached hydrogen (secondary N) is 1. The summed E-state index contributed by atoms with van der Waals surface area (Å²) in [5, 5.41) is 0. The van der Waals surface area contributed by atoms with Crippen LogP contribution in [-0.2, 0) is 22.3 Å². The van der Waals surface area contributed by atoms with Crippen LogP contribution >= 0.6 is 0 Å². The first kappa shape index (κ1) is 22.1. The van der Waals surface area contributed by atoms with Crippen LogP contribution in [0.1, 0.15) is 16.7 Å².